The molecule has 0 radical (unpaired) electrons. The second-order valence-corrected chi connectivity index (χ2v) is 7.22. The van der Waals surface area contributed by atoms with Gasteiger partial charge in [-0.25, -0.2) is 9.97 Å². The van der Waals surface area contributed by atoms with Gasteiger partial charge in [0.25, 0.3) is 0 Å². The Balaban J connectivity index is 1.10. The van der Waals surface area contributed by atoms with Crippen LogP contribution in [0.2, 0.25) is 0 Å². The van der Waals surface area contributed by atoms with Gasteiger partial charge in [0.1, 0.15) is 0 Å². The van der Waals surface area contributed by atoms with Gasteiger partial charge in [-0.2, -0.15) is 0 Å². The van der Waals surface area contributed by atoms with Crippen LogP contribution >= 0.6 is 0 Å². The van der Waals surface area contributed by atoms with Crippen LogP contribution in [-0.2, 0) is 9.59 Å². The summed E-state index contributed by atoms with van der Waals surface area (Å²) >= 11 is 0. The summed E-state index contributed by atoms with van der Waals surface area (Å²) < 4.78 is 0. The normalized spacial score (nSPS) is 11.1. The molecule has 4 N–H and O–H groups in total. The van der Waals surface area contributed by atoms with E-state index in [1.54, 1.807) is 0 Å². The number of rotatable bonds is 9. The Labute approximate surface area is 173 Å². The number of carbonyl (C=O) groups excluding carboxylic acids is 2. The van der Waals surface area contributed by atoms with Crippen LogP contribution < -0.4 is 10.6 Å². The van der Waals surface area contributed by atoms with Crippen LogP contribution in [0.3, 0.4) is 0 Å². The first-order valence-electron chi connectivity index (χ1n) is 10.2. The number of imidazole rings is 2. The number of nitrogens with zero attached hydrogens (tertiary/aromatic N) is 2. The van der Waals surface area contributed by atoms with Gasteiger partial charge in [0.05, 0.1) is 22.1 Å². The number of unbranched alkanes of at least 4 members (excludes halogenated alkanes) is 3. The molecule has 0 saturated carbocycles. The van der Waals surface area contributed by atoms with E-state index in [2.05, 4.69) is 30.6 Å². The third kappa shape index (κ3) is 5.02. The van der Waals surface area contributed by atoms with Crippen molar-refractivity contribution in [1.82, 2.24) is 19.9 Å². The van der Waals surface area contributed by atoms with Crippen LogP contribution in [0.15, 0.2) is 48.5 Å². The molecule has 4 aromatic rings. The zero-order valence-corrected chi connectivity index (χ0v) is 16.6. The second kappa shape index (κ2) is 9.21. The maximum atomic E-state index is 12.1. The minimum absolute atomic E-state index is 0.0586. The Morgan fingerprint density at radius 1 is 0.667 bits per heavy atom. The Kier molecular flexibility index (Phi) is 6.03. The number of carbonyl (C=O) groups is 2. The minimum atomic E-state index is -0.0586. The highest BCUT2D eigenvalue weighted by atomic mass is 16.2. The van der Waals surface area contributed by atoms with E-state index in [0.717, 1.165) is 47.8 Å². The lowest BCUT2D eigenvalue weighted by Crippen LogP contribution is -2.13. The van der Waals surface area contributed by atoms with E-state index in [9.17, 15) is 9.59 Å². The SMILES string of the molecule is O=C(CCCCCCC(=O)Nc1nc2ccccc2[nH]1)Nc1nc2ccccc2[nH]1. The molecule has 0 spiro atoms. The van der Waals surface area contributed by atoms with Crippen molar-refractivity contribution in [2.45, 2.75) is 38.5 Å². The second-order valence-electron chi connectivity index (χ2n) is 7.22. The molecule has 0 aliphatic rings. The van der Waals surface area contributed by atoms with Gasteiger partial charge < -0.3 is 9.97 Å². The lowest BCUT2D eigenvalue weighted by Gasteiger charge is -2.03. The van der Waals surface area contributed by atoms with E-state index >= 15 is 0 Å². The van der Waals surface area contributed by atoms with Crippen LogP contribution in [-0.4, -0.2) is 31.8 Å². The fourth-order valence-electron chi connectivity index (χ4n) is 3.34. The molecule has 0 atom stereocenters. The number of H-pyrrole nitrogens is 2. The van der Waals surface area contributed by atoms with Crippen LogP contribution in [0.4, 0.5) is 11.9 Å². The molecule has 0 aliphatic heterocycles. The molecule has 30 heavy (non-hydrogen) atoms. The molecule has 154 valence electrons. The monoisotopic (exact) mass is 404 g/mol. The van der Waals surface area contributed by atoms with Crippen molar-refractivity contribution in [2.75, 3.05) is 10.6 Å². The topological polar surface area (TPSA) is 116 Å². The van der Waals surface area contributed by atoms with Gasteiger partial charge in [-0.1, -0.05) is 37.1 Å². The van der Waals surface area contributed by atoms with Gasteiger partial charge in [-0.15, -0.1) is 0 Å². The average molecular weight is 404 g/mol. The number of para-hydroxylation sites is 4. The van der Waals surface area contributed by atoms with Crippen LogP contribution in [0.25, 0.3) is 22.1 Å². The van der Waals surface area contributed by atoms with Crippen LogP contribution in [0, 0.1) is 0 Å². The largest absolute Gasteiger partial charge is 0.324 e. The third-order valence-electron chi connectivity index (χ3n) is 4.85. The fraction of sp³-hybridized carbons (Fsp3) is 0.273. The first-order chi connectivity index (χ1) is 14.7. The van der Waals surface area contributed by atoms with E-state index < -0.39 is 0 Å². The van der Waals surface area contributed by atoms with Gasteiger partial charge in [0.15, 0.2) is 0 Å². The van der Waals surface area contributed by atoms with Crippen LogP contribution in [0.1, 0.15) is 38.5 Å². The fourth-order valence-corrected chi connectivity index (χ4v) is 3.34. The standard InChI is InChI=1S/C22H24N6O2/c29-19(27-21-23-15-9-5-6-10-16(15)24-21)13-3-1-2-4-14-20(30)28-22-25-17-11-7-8-12-18(17)26-22/h5-12H,1-4,13-14H2,(H2,23,24,27,29)(H2,25,26,28,30). The maximum absolute atomic E-state index is 12.1. The van der Waals surface area contributed by atoms with E-state index in [-0.39, 0.29) is 11.8 Å². The summed E-state index contributed by atoms with van der Waals surface area (Å²) in [5.41, 5.74) is 3.45. The van der Waals surface area contributed by atoms with Crippen molar-refractivity contribution in [2.24, 2.45) is 0 Å². The van der Waals surface area contributed by atoms with Crippen molar-refractivity contribution in [3.63, 3.8) is 0 Å². The maximum Gasteiger partial charge on any atom is 0.226 e. The van der Waals surface area contributed by atoms with Crippen molar-refractivity contribution in [1.29, 1.82) is 0 Å². The zero-order valence-electron chi connectivity index (χ0n) is 16.6. The summed E-state index contributed by atoms with van der Waals surface area (Å²) in [6, 6.07) is 15.3. The van der Waals surface area contributed by atoms with Crippen LogP contribution in [0.5, 0.6) is 0 Å². The van der Waals surface area contributed by atoms with Gasteiger partial charge in [0.2, 0.25) is 23.7 Å². The van der Waals surface area contributed by atoms with Crippen molar-refractivity contribution in [3.8, 4) is 0 Å². The van der Waals surface area contributed by atoms with Gasteiger partial charge in [0, 0.05) is 12.8 Å². The molecule has 2 heterocycles. The van der Waals surface area contributed by atoms with E-state index in [1.807, 2.05) is 48.5 Å². The lowest BCUT2D eigenvalue weighted by molar-refractivity contribution is -0.117. The molecule has 2 aromatic heterocycles. The number of benzene rings is 2. The quantitative estimate of drug-likeness (QED) is 0.310. The van der Waals surface area contributed by atoms with Crippen molar-refractivity contribution in [3.05, 3.63) is 48.5 Å². The summed E-state index contributed by atoms with van der Waals surface area (Å²) in [6.07, 6.45) is 4.20. The third-order valence-corrected chi connectivity index (χ3v) is 4.85. The number of hydrogen-bond acceptors (Lipinski definition) is 4. The van der Waals surface area contributed by atoms with E-state index in [4.69, 9.17) is 0 Å². The molecule has 8 heteroatoms. The molecule has 0 unspecified atom stereocenters. The molecule has 8 nitrogen and oxygen atoms in total. The molecule has 0 fully saturated rings. The highest BCUT2D eigenvalue weighted by Crippen LogP contribution is 2.15. The lowest BCUT2D eigenvalue weighted by atomic mass is 10.1. The zero-order chi connectivity index (χ0) is 20.8. The van der Waals surface area contributed by atoms with Crippen molar-refractivity contribution >= 4 is 45.8 Å². The number of aromatic amines is 2. The molecule has 4 rings (SSSR count). The molecule has 0 saturated heterocycles. The highest BCUT2D eigenvalue weighted by molar-refractivity contribution is 5.91. The van der Waals surface area contributed by atoms with Crippen molar-refractivity contribution < 1.29 is 9.59 Å². The van der Waals surface area contributed by atoms with E-state index in [0.29, 0.717) is 24.7 Å². The molecule has 2 aromatic carbocycles. The number of nitrogens with one attached hydrogen (secondary N) is 4. The average Bonchev–Trinajstić information content (AvgIpc) is 3.32. The predicted octanol–water partition coefficient (Wildman–Crippen LogP) is 4.36. The predicted molar refractivity (Wildman–Crippen MR) is 117 cm³/mol. The first kappa shape index (κ1) is 19.6. The Bertz CT molecular complexity index is 1000. The van der Waals surface area contributed by atoms with E-state index in [1.165, 1.54) is 0 Å². The Morgan fingerprint density at radius 3 is 1.53 bits per heavy atom. The molecular weight excluding hydrogens is 380 g/mol. The summed E-state index contributed by atoms with van der Waals surface area (Å²) in [5.74, 6) is 0.834. The highest BCUT2D eigenvalue weighted by Gasteiger charge is 2.08. The Hall–Kier alpha value is -3.68. The molecule has 2 amide bonds. The molecular formula is C22H24N6O2. The first-order valence-corrected chi connectivity index (χ1v) is 10.2. The van der Waals surface area contributed by atoms with Gasteiger partial charge in [-0.05, 0) is 37.1 Å². The smallest absolute Gasteiger partial charge is 0.226 e. The summed E-state index contributed by atoms with van der Waals surface area (Å²) in [6.45, 7) is 0. The molecule has 0 bridgehead atoms. The summed E-state index contributed by atoms with van der Waals surface area (Å²) in [7, 11) is 0. The number of anilines is 2. The number of fused-ring (bicyclic) bond motifs is 2. The minimum Gasteiger partial charge on any atom is -0.324 e. The number of aromatic nitrogens is 4. The number of amides is 2. The van der Waals surface area contributed by atoms with Gasteiger partial charge >= 0.3 is 0 Å². The Morgan fingerprint density at radius 2 is 1.10 bits per heavy atom. The summed E-state index contributed by atoms with van der Waals surface area (Å²) in [4.78, 5) is 39.0. The van der Waals surface area contributed by atoms with Gasteiger partial charge in [-0.3, -0.25) is 20.2 Å². The molecule has 0 aliphatic carbocycles. The number of hydrogen-bond donors (Lipinski definition) is 4. The summed E-state index contributed by atoms with van der Waals surface area (Å²) in [5, 5.41) is 5.60.